The average Bonchev–Trinajstić information content (AvgIpc) is 2.44. The molecule has 21 heavy (non-hydrogen) atoms. The number of para-hydroxylation sites is 1. The highest BCUT2D eigenvalue weighted by atomic mass is 16.2. The molecule has 2 aromatic heterocycles. The lowest BCUT2D eigenvalue weighted by atomic mass is 10.1. The highest BCUT2D eigenvalue weighted by Gasteiger charge is 2.07. The van der Waals surface area contributed by atoms with Gasteiger partial charge in [0.25, 0.3) is 5.56 Å². The van der Waals surface area contributed by atoms with Gasteiger partial charge in [0, 0.05) is 22.8 Å². The minimum Gasteiger partial charge on any atom is -0.296 e. The van der Waals surface area contributed by atoms with Crippen molar-refractivity contribution < 1.29 is 0 Å². The van der Waals surface area contributed by atoms with Gasteiger partial charge < -0.3 is 0 Å². The second-order valence-corrected chi connectivity index (χ2v) is 5.14. The Hall–Kier alpha value is -2.69. The maximum absolute atomic E-state index is 11.9. The molecule has 3 aromatic rings. The number of benzene rings is 1. The number of aromatic amines is 1. The lowest BCUT2D eigenvalue weighted by Gasteiger charge is -2.10. The van der Waals surface area contributed by atoms with Crippen LogP contribution in [0, 0.1) is 13.8 Å². The first-order chi connectivity index (χ1) is 10.0. The number of hydrogen-bond donors (Lipinski definition) is 1. The maximum Gasteiger partial charge on any atom is 0.328 e. The molecule has 0 radical (unpaired) electrons. The standard InChI is InChI=1S/C16H15N3O2/c1-10-8-19(16(21)18-15(10)20)9-12-7-11(2)17-14-6-4-3-5-13(12)14/h3-8H,9H2,1-2H3,(H,18,20,21). The molecule has 0 bridgehead atoms. The summed E-state index contributed by atoms with van der Waals surface area (Å²) in [7, 11) is 0. The molecular weight excluding hydrogens is 266 g/mol. The van der Waals surface area contributed by atoms with Crippen LogP contribution in [-0.2, 0) is 6.54 Å². The van der Waals surface area contributed by atoms with E-state index in [1.807, 2.05) is 37.3 Å². The predicted octanol–water partition coefficient (Wildman–Crippen LogP) is 1.75. The van der Waals surface area contributed by atoms with Crippen LogP contribution in [0.25, 0.3) is 10.9 Å². The molecule has 0 aliphatic heterocycles. The number of pyridine rings is 1. The summed E-state index contributed by atoms with van der Waals surface area (Å²) >= 11 is 0. The molecule has 1 aromatic carbocycles. The molecule has 0 fully saturated rings. The van der Waals surface area contributed by atoms with Crippen molar-refractivity contribution in [2.75, 3.05) is 0 Å². The third kappa shape index (κ3) is 2.50. The zero-order valence-corrected chi connectivity index (χ0v) is 11.9. The van der Waals surface area contributed by atoms with Crippen molar-refractivity contribution in [2.24, 2.45) is 0 Å². The van der Waals surface area contributed by atoms with E-state index < -0.39 is 5.69 Å². The molecule has 0 saturated heterocycles. The zero-order valence-electron chi connectivity index (χ0n) is 11.9. The van der Waals surface area contributed by atoms with Crippen molar-refractivity contribution in [3.63, 3.8) is 0 Å². The summed E-state index contributed by atoms with van der Waals surface area (Å²) in [6.45, 7) is 4.02. The zero-order chi connectivity index (χ0) is 15.0. The third-order valence-corrected chi connectivity index (χ3v) is 3.46. The Kier molecular flexibility index (Phi) is 3.17. The summed E-state index contributed by atoms with van der Waals surface area (Å²) in [5, 5.41) is 1.01. The fourth-order valence-electron chi connectivity index (χ4n) is 2.45. The third-order valence-electron chi connectivity index (χ3n) is 3.46. The van der Waals surface area contributed by atoms with Crippen molar-refractivity contribution in [1.82, 2.24) is 14.5 Å². The lowest BCUT2D eigenvalue weighted by molar-refractivity contribution is 0.716. The Morgan fingerprint density at radius 1 is 1.19 bits per heavy atom. The molecular formula is C16H15N3O2. The molecule has 106 valence electrons. The monoisotopic (exact) mass is 281 g/mol. The first-order valence-electron chi connectivity index (χ1n) is 6.70. The predicted molar refractivity (Wildman–Crippen MR) is 81.6 cm³/mol. The van der Waals surface area contributed by atoms with Gasteiger partial charge in [0.1, 0.15) is 0 Å². The molecule has 0 saturated carbocycles. The summed E-state index contributed by atoms with van der Waals surface area (Å²) in [5.41, 5.74) is 2.59. The topological polar surface area (TPSA) is 67.8 Å². The summed E-state index contributed by atoms with van der Waals surface area (Å²) in [6, 6.07) is 9.79. The van der Waals surface area contributed by atoms with Crippen LogP contribution in [0.3, 0.4) is 0 Å². The SMILES string of the molecule is Cc1cc(Cn2cc(C)c(=O)[nH]c2=O)c2ccccc2n1. The van der Waals surface area contributed by atoms with Gasteiger partial charge in [-0.25, -0.2) is 4.79 Å². The number of nitrogens with one attached hydrogen (secondary N) is 1. The van der Waals surface area contributed by atoms with Gasteiger partial charge in [-0.05, 0) is 31.5 Å². The van der Waals surface area contributed by atoms with E-state index in [1.54, 1.807) is 13.1 Å². The maximum atomic E-state index is 11.9. The summed E-state index contributed by atoms with van der Waals surface area (Å²) in [4.78, 5) is 30.2. The Labute approximate surface area is 120 Å². The number of fused-ring (bicyclic) bond motifs is 1. The molecule has 5 heteroatoms. The van der Waals surface area contributed by atoms with Gasteiger partial charge in [-0.15, -0.1) is 0 Å². The number of hydrogen-bond acceptors (Lipinski definition) is 3. The quantitative estimate of drug-likeness (QED) is 0.778. The molecule has 0 amide bonds. The van der Waals surface area contributed by atoms with Crippen LogP contribution in [0.15, 0.2) is 46.1 Å². The van der Waals surface area contributed by atoms with Gasteiger partial charge in [-0.1, -0.05) is 18.2 Å². The Balaban J connectivity index is 2.16. The van der Waals surface area contributed by atoms with Crippen LogP contribution >= 0.6 is 0 Å². The molecule has 0 aliphatic rings. The van der Waals surface area contributed by atoms with Crippen molar-refractivity contribution in [2.45, 2.75) is 20.4 Å². The number of aromatic nitrogens is 3. The molecule has 2 heterocycles. The fourth-order valence-corrected chi connectivity index (χ4v) is 2.45. The first kappa shape index (κ1) is 13.3. The second kappa shape index (κ2) is 5.01. The molecule has 0 spiro atoms. The second-order valence-electron chi connectivity index (χ2n) is 5.14. The van der Waals surface area contributed by atoms with E-state index >= 15 is 0 Å². The minimum absolute atomic E-state index is 0.341. The van der Waals surface area contributed by atoms with Crippen LogP contribution in [-0.4, -0.2) is 14.5 Å². The van der Waals surface area contributed by atoms with Gasteiger partial charge >= 0.3 is 5.69 Å². The molecule has 3 rings (SSSR count). The highest BCUT2D eigenvalue weighted by Crippen LogP contribution is 2.18. The van der Waals surface area contributed by atoms with E-state index in [4.69, 9.17) is 0 Å². The Morgan fingerprint density at radius 2 is 1.95 bits per heavy atom. The summed E-state index contributed by atoms with van der Waals surface area (Å²) in [5.74, 6) is 0. The van der Waals surface area contributed by atoms with Crippen molar-refractivity contribution in [3.8, 4) is 0 Å². The Morgan fingerprint density at radius 3 is 2.76 bits per heavy atom. The van der Waals surface area contributed by atoms with E-state index in [9.17, 15) is 9.59 Å². The van der Waals surface area contributed by atoms with E-state index in [0.29, 0.717) is 12.1 Å². The smallest absolute Gasteiger partial charge is 0.296 e. The number of aryl methyl sites for hydroxylation is 2. The van der Waals surface area contributed by atoms with Gasteiger partial charge in [-0.2, -0.15) is 0 Å². The molecule has 1 N–H and O–H groups in total. The van der Waals surface area contributed by atoms with Crippen LogP contribution in [0.5, 0.6) is 0 Å². The number of nitrogens with zero attached hydrogens (tertiary/aromatic N) is 2. The van der Waals surface area contributed by atoms with Gasteiger partial charge in [-0.3, -0.25) is 19.3 Å². The van der Waals surface area contributed by atoms with E-state index in [0.717, 1.165) is 22.2 Å². The molecule has 5 nitrogen and oxygen atoms in total. The van der Waals surface area contributed by atoms with Crippen LogP contribution in [0.4, 0.5) is 0 Å². The van der Waals surface area contributed by atoms with E-state index in [1.165, 1.54) is 4.57 Å². The van der Waals surface area contributed by atoms with Gasteiger partial charge in [0.15, 0.2) is 0 Å². The van der Waals surface area contributed by atoms with Crippen LogP contribution < -0.4 is 11.2 Å². The van der Waals surface area contributed by atoms with Crippen molar-refractivity contribution in [1.29, 1.82) is 0 Å². The molecule has 0 aliphatic carbocycles. The number of H-pyrrole nitrogens is 1. The van der Waals surface area contributed by atoms with Gasteiger partial charge in [0.05, 0.1) is 12.1 Å². The largest absolute Gasteiger partial charge is 0.328 e. The van der Waals surface area contributed by atoms with Crippen molar-refractivity contribution >= 4 is 10.9 Å². The van der Waals surface area contributed by atoms with Crippen LogP contribution in [0.1, 0.15) is 16.8 Å². The fraction of sp³-hybridized carbons (Fsp3) is 0.188. The van der Waals surface area contributed by atoms with Gasteiger partial charge in [0.2, 0.25) is 0 Å². The van der Waals surface area contributed by atoms with Crippen molar-refractivity contribution in [3.05, 3.63) is 74.2 Å². The normalized spacial score (nSPS) is 11.0. The average molecular weight is 281 g/mol. The van der Waals surface area contributed by atoms with Crippen LogP contribution in [0.2, 0.25) is 0 Å². The minimum atomic E-state index is -0.399. The Bertz CT molecular complexity index is 938. The highest BCUT2D eigenvalue weighted by molar-refractivity contribution is 5.82. The molecule has 0 atom stereocenters. The summed E-state index contributed by atoms with van der Waals surface area (Å²) in [6.07, 6.45) is 1.59. The van der Waals surface area contributed by atoms with E-state index in [2.05, 4.69) is 9.97 Å². The number of rotatable bonds is 2. The summed E-state index contributed by atoms with van der Waals surface area (Å²) < 4.78 is 1.51. The lowest BCUT2D eigenvalue weighted by Crippen LogP contribution is -2.31. The van der Waals surface area contributed by atoms with E-state index in [-0.39, 0.29) is 5.56 Å². The molecule has 0 unspecified atom stereocenters. The first-order valence-corrected chi connectivity index (χ1v) is 6.70.